The van der Waals surface area contributed by atoms with Gasteiger partial charge in [-0.25, -0.2) is 9.97 Å². The van der Waals surface area contributed by atoms with Crippen molar-refractivity contribution in [3.8, 4) is 0 Å². The first-order valence-electron chi connectivity index (χ1n) is 8.21. The molecule has 1 aromatic rings. The number of nitrogens with one attached hydrogen (secondary N) is 1. The number of hydrogen-bond donors (Lipinski definition) is 1. The first-order chi connectivity index (χ1) is 10.1. The van der Waals surface area contributed by atoms with Gasteiger partial charge in [0.25, 0.3) is 0 Å². The molecule has 0 spiro atoms. The lowest BCUT2D eigenvalue weighted by Gasteiger charge is -2.16. The Hall–Kier alpha value is -1.00. The standard InChI is InChI=1S/C17H31N3O/c1-6-9-16(21-5)17-19-13(3)15(14(4)20-17)10-8-12-18-11-7-2/h16,18H,6-12H2,1-5H3. The number of methoxy groups -OCH3 is 1. The van der Waals surface area contributed by atoms with Crippen molar-refractivity contribution >= 4 is 0 Å². The number of rotatable bonds is 10. The van der Waals surface area contributed by atoms with Gasteiger partial charge in [-0.05, 0) is 58.2 Å². The first kappa shape index (κ1) is 18.1. The molecule has 0 saturated carbocycles. The summed E-state index contributed by atoms with van der Waals surface area (Å²) in [6.45, 7) is 10.7. The van der Waals surface area contributed by atoms with Crippen LogP contribution in [0.3, 0.4) is 0 Å². The van der Waals surface area contributed by atoms with Gasteiger partial charge in [0, 0.05) is 18.5 Å². The molecule has 0 aliphatic carbocycles. The van der Waals surface area contributed by atoms with Crippen LogP contribution in [0.25, 0.3) is 0 Å². The Morgan fingerprint density at radius 1 is 1.05 bits per heavy atom. The Morgan fingerprint density at radius 2 is 1.71 bits per heavy atom. The van der Waals surface area contributed by atoms with Crippen molar-refractivity contribution in [2.75, 3.05) is 20.2 Å². The molecule has 4 heteroatoms. The molecule has 0 aromatic carbocycles. The molecule has 1 rings (SSSR count). The number of aromatic nitrogens is 2. The minimum Gasteiger partial charge on any atom is -0.373 e. The molecule has 0 amide bonds. The van der Waals surface area contributed by atoms with E-state index in [1.165, 1.54) is 12.0 Å². The van der Waals surface area contributed by atoms with Gasteiger partial charge in [-0.2, -0.15) is 0 Å². The van der Waals surface area contributed by atoms with Gasteiger partial charge in [-0.3, -0.25) is 0 Å². The summed E-state index contributed by atoms with van der Waals surface area (Å²) in [5, 5.41) is 3.44. The lowest BCUT2D eigenvalue weighted by Crippen LogP contribution is -2.17. The average molecular weight is 293 g/mol. The van der Waals surface area contributed by atoms with Gasteiger partial charge in [0.1, 0.15) is 6.10 Å². The van der Waals surface area contributed by atoms with Gasteiger partial charge in [0.05, 0.1) is 0 Å². The molecule has 21 heavy (non-hydrogen) atoms. The normalized spacial score (nSPS) is 12.6. The van der Waals surface area contributed by atoms with Crippen LogP contribution in [0, 0.1) is 13.8 Å². The van der Waals surface area contributed by atoms with E-state index in [0.29, 0.717) is 0 Å². The quantitative estimate of drug-likeness (QED) is 0.671. The average Bonchev–Trinajstić information content (AvgIpc) is 2.46. The fourth-order valence-corrected chi connectivity index (χ4v) is 2.58. The third kappa shape index (κ3) is 5.71. The van der Waals surface area contributed by atoms with Crippen molar-refractivity contribution in [1.82, 2.24) is 15.3 Å². The van der Waals surface area contributed by atoms with E-state index >= 15 is 0 Å². The highest BCUT2D eigenvalue weighted by atomic mass is 16.5. The van der Waals surface area contributed by atoms with E-state index in [4.69, 9.17) is 4.74 Å². The van der Waals surface area contributed by atoms with Crippen LogP contribution >= 0.6 is 0 Å². The second-order valence-corrected chi connectivity index (χ2v) is 5.60. The largest absolute Gasteiger partial charge is 0.373 e. The van der Waals surface area contributed by atoms with Gasteiger partial charge in [-0.1, -0.05) is 20.3 Å². The first-order valence-corrected chi connectivity index (χ1v) is 8.21. The van der Waals surface area contributed by atoms with Crippen LogP contribution in [0.15, 0.2) is 0 Å². The Morgan fingerprint density at radius 3 is 2.24 bits per heavy atom. The van der Waals surface area contributed by atoms with E-state index < -0.39 is 0 Å². The lowest BCUT2D eigenvalue weighted by molar-refractivity contribution is 0.0872. The molecule has 1 unspecified atom stereocenters. The second kappa shape index (κ2) is 9.85. The highest BCUT2D eigenvalue weighted by molar-refractivity contribution is 5.25. The fraction of sp³-hybridized carbons (Fsp3) is 0.765. The maximum Gasteiger partial charge on any atom is 0.157 e. The van der Waals surface area contributed by atoms with Crippen molar-refractivity contribution in [2.45, 2.75) is 65.9 Å². The van der Waals surface area contributed by atoms with Crippen LogP contribution in [0.2, 0.25) is 0 Å². The van der Waals surface area contributed by atoms with Gasteiger partial charge in [0.2, 0.25) is 0 Å². The van der Waals surface area contributed by atoms with Crippen molar-refractivity contribution in [3.63, 3.8) is 0 Å². The van der Waals surface area contributed by atoms with Crippen LogP contribution in [0.1, 0.15) is 68.4 Å². The summed E-state index contributed by atoms with van der Waals surface area (Å²) in [7, 11) is 1.74. The number of ether oxygens (including phenoxy) is 1. The molecule has 0 aliphatic heterocycles. The Kier molecular flexibility index (Phi) is 8.47. The topological polar surface area (TPSA) is 47.0 Å². The third-order valence-electron chi connectivity index (χ3n) is 3.77. The molecule has 1 atom stereocenters. The van der Waals surface area contributed by atoms with Crippen LogP contribution in [-0.4, -0.2) is 30.2 Å². The van der Waals surface area contributed by atoms with E-state index in [0.717, 1.165) is 56.0 Å². The van der Waals surface area contributed by atoms with E-state index in [1.54, 1.807) is 7.11 Å². The monoisotopic (exact) mass is 293 g/mol. The molecule has 120 valence electrons. The fourth-order valence-electron chi connectivity index (χ4n) is 2.58. The van der Waals surface area contributed by atoms with Crippen molar-refractivity contribution < 1.29 is 4.74 Å². The molecule has 1 N–H and O–H groups in total. The predicted molar refractivity (Wildman–Crippen MR) is 87.6 cm³/mol. The SMILES string of the molecule is CCCNCCCc1c(C)nc(C(CCC)OC)nc1C. The Bertz CT molecular complexity index is 397. The summed E-state index contributed by atoms with van der Waals surface area (Å²) in [4.78, 5) is 9.36. The molecule has 4 nitrogen and oxygen atoms in total. The number of aryl methyl sites for hydroxylation is 2. The van der Waals surface area contributed by atoms with E-state index in [2.05, 4.69) is 43.0 Å². The molecule has 1 heterocycles. The third-order valence-corrected chi connectivity index (χ3v) is 3.77. The van der Waals surface area contributed by atoms with Gasteiger partial charge in [-0.15, -0.1) is 0 Å². The highest BCUT2D eigenvalue weighted by Crippen LogP contribution is 2.21. The van der Waals surface area contributed by atoms with E-state index in [-0.39, 0.29) is 6.10 Å². The summed E-state index contributed by atoms with van der Waals surface area (Å²) in [6.07, 6.45) is 5.42. The smallest absolute Gasteiger partial charge is 0.157 e. The van der Waals surface area contributed by atoms with E-state index in [9.17, 15) is 0 Å². The molecule has 0 aliphatic rings. The molecular weight excluding hydrogens is 262 g/mol. The Balaban J connectivity index is 2.70. The van der Waals surface area contributed by atoms with Gasteiger partial charge >= 0.3 is 0 Å². The van der Waals surface area contributed by atoms with Crippen molar-refractivity contribution in [2.24, 2.45) is 0 Å². The molecule has 0 radical (unpaired) electrons. The van der Waals surface area contributed by atoms with Crippen LogP contribution in [0.5, 0.6) is 0 Å². The summed E-state index contributed by atoms with van der Waals surface area (Å²) in [5.74, 6) is 0.835. The predicted octanol–water partition coefficient (Wildman–Crippen LogP) is 3.51. The number of hydrogen-bond acceptors (Lipinski definition) is 4. The summed E-state index contributed by atoms with van der Waals surface area (Å²) < 4.78 is 5.52. The number of nitrogens with zero attached hydrogens (tertiary/aromatic N) is 2. The minimum absolute atomic E-state index is 0.0210. The summed E-state index contributed by atoms with van der Waals surface area (Å²) in [5.41, 5.74) is 3.50. The summed E-state index contributed by atoms with van der Waals surface area (Å²) in [6, 6.07) is 0. The summed E-state index contributed by atoms with van der Waals surface area (Å²) >= 11 is 0. The molecule has 0 bridgehead atoms. The zero-order chi connectivity index (χ0) is 15.7. The second-order valence-electron chi connectivity index (χ2n) is 5.60. The zero-order valence-corrected chi connectivity index (χ0v) is 14.3. The molecule has 1 aromatic heterocycles. The molecule has 0 saturated heterocycles. The zero-order valence-electron chi connectivity index (χ0n) is 14.3. The van der Waals surface area contributed by atoms with E-state index in [1.807, 2.05) is 0 Å². The van der Waals surface area contributed by atoms with Crippen molar-refractivity contribution in [1.29, 1.82) is 0 Å². The minimum atomic E-state index is 0.0210. The molecule has 0 fully saturated rings. The van der Waals surface area contributed by atoms with Crippen LogP contribution < -0.4 is 5.32 Å². The van der Waals surface area contributed by atoms with Gasteiger partial charge < -0.3 is 10.1 Å². The van der Waals surface area contributed by atoms with Crippen molar-refractivity contribution in [3.05, 3.63) is 22.8 Å². The van der Waals surface area contributed by atoms with Crippen LogP contribution in [0.4, 0.5) is 0 Å². The highest BCUT2D eigenvalue weighted by Gasteiger charge is 2.16. The van der Waals surface area contributed by atoms with Crippen LogP contribution in [-0.2, 0) is 11.2 Å². The van der Waals surface area contributed by atoms with Gasteiger partial charge in [0.15, 0.2) is 5.82 Å². The lowest BCUT2D eigenvalue weighted by atomic mass is 10.1. The maximum absolute atomic E-state index is 5.52. The molecular formula is C17H31N3O. The maximum atomic E-state index is 5.52. The Labute approximate surface area is 129 Å².